The van der Waals surface area contributed by atoms with Crippen molar-refractivity contribution in [2.45, 2.75) is 30.2 Å². The number of allylic oxidation sites excluding steroid dienone is 1. The number of nitrogens with zero attached hydrogens (tertiary/aromatic N) is 1. The maximum absolute atomic E-state index is 12.3. The van der Waals surface area contributed by atoms with E-state index < -0.39 is 14.9 Å². The number of nitro groups is 1. The predicted molar refractivity (Wildman–Crippen MR) is 75.2 cm³/mol. The molecule has 0 bridgehead atoms. The van der Waals surface area contributed by atoms with Crippen molar-refractivity contribution >= 4 is 27.3 Å². The van der Waals surface area contributed by atoms with Crippen molar-refractivity contribution in [3.8, 4) is 0 Å². The zero-order valence-electron chi connectivity index (χ0n) is 10.5. The van der Waals surface area contributed by atoms with E-state index in [9.17, 15) is 18.5 Å². The second-order valence-corrected chi connectivity index (χ2v) is 6.56. The highest BCUT2D eigenvalue weighted by Crippen LogP contribution is 2.27. The third kappa shape index (κ3) is 3.36. The van der Waals surface area contributed by atoms with E-state index in [0.717, 1.165) is 12.5 Å². The molecule has 6 nitrogen and oxygen atoms in total. The van der Waals surface area contributed by atoms with Gasteiger partial charge in [0, 0.05) is 18.2 Å². The van der Waals surface area contributed by atoms with E-state index in [4.69, 9.17) is 11.6 Å². The Morgan fingerprint density at radius 3 is 2.70 bits per heavy atom. The Balaban J connectivity index is 2.30. The summed E-state index contributed by atoms with van der Waals surface area (Å²) in [6, 6.07) is 3.16. The van der Waals surface area contributed by atoms with Gasteiger partial charge >= 0.3 is 0 Å². The summed E-state index contributed by atoms with van der Waals surface area (Å²) in [5, 5.41) is 10.7. The number of non-ortho nitro benzene ring substituents is 1. The molecule has 0 aromatic heterocycles. The molecule has 20 heavy (non-hydrogen) atoms. The molecular formula is C12H13ClN2O4S. The van der Waals surface area contributed by atoms with Crippen molar-refractivity contribution in [3.63, 3.8) is 0 Å². The van der Waals surface area contributed by atoms with Crippen molar-refractivity contribution in [1.82, 2.24) is 4.72 Å². The fourth-order valence-corrected chi connectivity index (χ4v) is 3.80. The van der Waals surface area contributed by atoms with Gasteiger partial charge in [-0.15, -0.1) is 0 Å². The molecule has 1 aliphatic rings. The largest absolute Gasteiger partial charge is 0.270 e. The SMILES string of the molecule is O=[N+]([O-])c1ccc(Cl)c(S(=O)(=O)NC2CC=CCC2)c1. The van der Waals surface area contributed by atoms with E-state index in [1.807, 2.05) is 12.2 Å². The van der Waals surface area contributed by atoms with Gasteiger partial charge in [0.05, 0.1) is 9.95 Å². The molecule has 0 aliphatic heterocycles. The van der Waals surface area contributed by atoms with Crippen LogP contribution in [0.4, 0.5) is 5.69 Å². The molecular weight excluding hydrogens is 304 g/mol. The molecule has 0 saturated heterocycles. The van der Waals surface area contributed by atoms with Crippen LogP contribution in [-0.2, 0) is 10.0 Å². The first-order valence-corrected chi connectivity index (χ1v) is 7.87. The maximum Gasteiger partial charge on any atom is 0.270 e. The smallest absolute Gasteiger partial charge is 0.258 e. The highest BCUT2D eigenvalue weighted by atomic mass is 35.5. The molecule has 0 saturated carbocycles. The van der Waals surface area contributed by atoms with Gasteiger partial charge in [-0.3, -0.25) is 10.1 Å². The van der Waals surface area contributed by atoms with Crippen LogP contribution in [-0.4, -0.2) is 19.4 Å². The molecule has 0 radical (unpaired) electrons. The Hall–Kier alpha value is -1.44. The molecule has 0 fully saturated rings. The number of nitrogens with one attached hydrogen (secondary N) is 1. The maximum atomic E-state index is 12.3. The van der Waals surface area contributed by atoms with Crippen LogP contribution in [0.5, 0.6) is 0 Å². The second kappa shape index (κ2) is 5.90. The molecule has 0 spiro atoms. The first kappa shape index (κ1) is 15.0. The number of rotatable bonds is 4. The standard InChI is InChI=1S/C12H13ClN2O4S/c13-11-7-6-10(15(16)17)8-12(11)20(18,19)14-9-4-2-1-3-5-9/h1-2,6-9,14H,3-5H2. The topological polar surface area (TPSA) is 89.3 Å². The van der Waals surface area contributed by atoms with Gasteiger partial charge in [-0.1, -0.05) is 23.8 Å². The molecule has 8 heteroatoms. The number of hydrogen-bond donors (Lipinski definition) is 1. The highest BCUT2D eigenvalue weighted by molar-refractivity contribution is 7.89. The normalized spacial score (nSPS) is 18.9. The van der Waals surface area contributed by atoms with E-state index in [-0.39, 0.29) is 21.6 Å². The van der Waals surface area contributed by atoms with Crippen LogP contribution in [0.2, 0.25) is 5.02 Å². The molecule has 1 aromatic carbocycles. The monoisotopic (exact) mass is 316 g/mol. The lowest BCUT2D eigenvalue weighted by Crippen LogP contribution is -2.35. The molecule has 1 aliphatic carbocycles. The molecule has 2 rings (SSSR count). The Morgan fingerprint density at radius 2 is 2.10 bits per heavy atom. The lowest BCUT2D eigenvalue weighted by atomic mass is 10.0. The van der Waals surface area contributed by atoms with Gasteiger partial charge in [0.2, 0.25) is 10.0 Å². The lowest BCUT2D eigenvalue weighted by Gasteiger charge is -2.19. The summed E-state index contributed by atoms with van der Waals surface area (Å²) in [5.74, 6) is 0. The van der Waals surface area contributed by atoms with Gasteiger partial charge < -0.3 is 0 Å². The van der Waals surface area contributed by atoms with Gasteiger partial charge in [-0.2, -0.15) is 0 Å². The van der Waals surface area contributed by atoms with Gasteiger partial charge in [0.15, 0.2) is 0 Å². The van der Waals surface area contributed by atoms with Crippen LogP contribution in [0.15, 0.2) is 35.2 Å². The Labute approximate surface area is 121 Å². The Kier molecular flexibility index (Phi) is 4.42. The van der Waals surface area contributed by atoms with Crippen LogP contribution < -0.4 is 4.72 Å². The van der Waals surface area contributed by atoms with E-state index >= 15 is 0 Å². The first-order valence-electron chi connectivity index (χ1n) is 6.01. The Morgan fingerprint density at radius 1 is 1.35 bits per heavy atom. The minimum Gasteiger partial charge on any atom is -0.258 e. The van der Waals surface area contributed by atoms with Crippen molar-refractivity contribution in [2.24, 2.45) is 0 Å². The van der Waals surface area contributed by atoms with Crippen molar-refractivity contribution in [3.05, 3.63) is 45.5 Å². The number of nitro benzene ring substituents is 1. The predicted octanol–water partition coefficient (Wildman–Crippen LogP) is 2.64. The van der Waals surface area contributed by atoms with Crippen molar-refractivity contribution in [2.75, 3.05) is 0 Å². The van der Waals surface area contributed by atoms with E-state index in [0.29, 0.717) is 12.8 Å². The van der Waals surface area contributed by atoms with E-state index in [1.165, 1.54) is 12.1 Å². The second-order valence-electron chi connectivity index (χ2n) is 4.47. The van der Waals surface area contributed by atoms with Crippen molar-refractivity contribution < 1.29 is 13.3 Å². The first-order chi connectivity index (χ1) is 9.40. The summed E-state index contributed by atoms with van der Waals surface area (Å²) in [7, 11) is -3.87. The molecule has 1 atom stereocenters. The fraction of sp³-hybridized carbons (Fsp3) is 0.333. The van der Waals surface area contributed by atoms with Crippen LogP contribution in [0.1, 0.15) is 19.3 Å². The minimum atomic E-state index is -3.87. The van der Waals surface area contributed by atoms with Crippen molar-refractivity contribution in [1.29, 1.82) is 0 Å². The third-order valence-electron chi connectivity index (χ3n) is 3.01. The highest BCUT2D eigenvalue weighted by Gasteiger charge is 2.24. The average Bonchev–Trinajstić information content (AvgIpc) is 2.39. The zero-order chi connectivity index (χ0) is 14.8. The summed E-state index contributed by atoms with van der Waals surface area (Å²) >= 11 is 5.85. The summed E-state index contributed by atoms with van der Waals surface area (Å²) < 4.78 is 27.0. The number of sulfonamides is 1. The van der Waals surface area contributed by atoms with Gasteiger partial charge in [0.25, 0.3) is 5.69 Å². The summed E-state index contributed by atoms with van der Waals surface area (Å²) in [5.41, 5.74) is -0.307. The average molecular weight is 317 g/mol. The molecule has 0 heterocycles. The zero-order valence-corrected chi connectivity index (χ0v) is 12.0. The van der Waals surface area contributed by atoms with Crippen LogP contribution in [0.25, 0.3) is 0 Å². The molecule has 1 aromatic rings. The molecule has 1 unspecified atom stereocenters. The fourth-order valence-electron chi connectivity index (χ4n) is 2.00. The summed E-state index contributed by atoms with van der Waals surface area (Å²) in [4.78, 5) is 9.80. The molecule has 0 amide bonds. The van der Waals surface area contributed by atoms with Gasteiger partial charge in [-0.05, 0) is 25.3 Å². The number of benzene rings is 1. The van der Waals surface area contributed by atoms with E-state index in [1.54, 1.807) is 0 Å². The van der Waals surface area contributed by atoms with Crippen LogP contribution >= 0.6 is 11.6 Å². The summed E-state index contributed by atoms with van der Waals surface area (Å²) in [6.07, 6.45) is 6.00. The Bertz CT molecular complexity index is 657. The van der Waals surface area contributed by atoms with Crippen LogP contribution in [0.3, 0.4) is 0 Å². The van der Waals surface area contributed by atoms with Crippen LogP contribution in [0, 0.1) is 10.1 Å². The van der Waals surface area contributed by atoms with Gasteiger partial charge in [-0.25, -0.2) is 13.1 Å². The number of halogens is 1. The number of hydrogen-bond acceptors (Lipinski definition) is 4. The molecule has 108 valence electrons. The van der Waals surface area contributed by atoms with E-state index in [2.05, 4.69) is 4.72 Å². The third-order valence-corrected chi connectivity index (χ3v) is 5.01. The summed E-state index contributed by atoms with van der Waals surface area (Å²) in [6.45, 7) is 0. The minimum absolute atomic E-state index is 0.0329. The van der Waals surface area contributed by atoms with Gasteiger partial charge in [0.1, 0.15) is 4.90 Å². The quantitative estimate of drug-likeness (QED) is 0.525. The lowest BCUT2D eigenvalue weighted by molar-refractivity contribution is -0.385. The molecule has 1 N–H and O–H groups in total.